The molecule has 6 nitrogen and oxygen atoms in total. The van der Waals surface area contributed by atoms with Gasteiger partial charge in [0.05, 0.1) is 0 Å². The SMILES string of the molecule is CC1([C@H](NC(=O)C(F)(F)F)C(=O)N2CC3(CC3)C[C@H]2C(=O)O)CC1.Cl. The van der Waals surface area contributed by atoms with E-state index in [0.29, 0.717) is 19.3 Å². The van der Waals surface area contributed by atoms with Crippen molar-refractivity contribution in [3.8, 4) is 0 Å². The van der Waals surface area contributed by atoms with Gasteiger partial charge in [0.1, 0.15) is 12.1 Å². The Kier molecular flexibility index (Phi) is 4.78. The maximum Gasteiger partial charge on any atom is 0.471 e. The number of amides is 2. The third kappa shape index (κ3) is 3.70. The number of rotatable bonds is 4. The van der Waals surface area contributed by atoms with Gasteiger partial charge < -0.3 is 15.3 Å². The molecule has 25 heavy (non-hydrogen) atoms. The summed E-state index contributed by atoms with van der Waals surface area (Å²) in [6.07, 6.45) is -2.10. The number of likely N-dealkylation sites (tertiary alicyclic amines) is 1. The van der Waals surface area contributed by atoms with Crippen LogP contribution in [0.4, 0.5) is 13.2 Å². The molecule has 0 aromatic rings. The van der Waals surface area contributed by atoms with E-state index < -0.39 is 41.5 Å². The Balaban J connectivity index is 0.00000225. The number of alkyl halides is 3. The standard InChI is InChI=1S/C15H19F3N2O4.ClH/c1-13(2-3-13)9(19-12(24)15(16,17)18)10(21)20-7-14(4-5-14)6-8(20)11(22)23;/h8-9H,2-7H2,1H3,(H,19,24)(H,22,23);1H/t8-,9+;/m0./s1. The highest BCUT2D eigenvalue weighted by atomic mass is 35.5. The van der Waals surface area contributed by atoms with E-state index in [4.69, 9.17) is 0 Å². The van der Waals surface area contributed by atoms with Gasteiger partial charge in [0.15, 0.2) is 0 Å². The lowest BCUT2D eigenvalue weighted by Crippen LogP contribution is -2.57. The molecular weight excluding hydrogens is 365 g/mol. The zero-order valence-corrected chi connectivity index (χ0v) is 14.4. The van der Waals surface area contributed by atoms with Crippen LogP contribution in [0.2, 0.25) is 0 Å². The highest BCUT2D eigenvalue weighted by Crippen LogP contribution is 2.56. The van der Waals surface area contributed by atoms with Gasteiger partial charge in [-0.25, -0.2) is 4.79 Å². The van der Waals surface area contributed by atoms with Crippen LogP contribution in [0.5, 0.6) is 0 Å². The summed E-state index contributed by atoms with van der Waals surface area (Å²) in [6, 6.07) is -2.38. The van der Waals surface area contributed by atoms with Crippen LogP contribution in [0.3, 0.4) is 0 Å². The molecule has 2 saturated carbocycles. The first-order valence-electron chi connectivity index (χ1n) is 7.89. The van der Waals surface area contributed by atoms with Crippen LogP contribution in [0.25, 0.3) is 0 Å². The van der Waals surface area contributed by atoms with Crippen molar-refractivity contribution < 1.29 is 32.7 Å². The molecule has 10 heteroatoms. The lowest BCUT2D eigenvalue weighted by Gasteiger charge is -2.31. The molecule has 2 amide bonds. The minimum atomic E-state index is -5.08. The van der Waals surface area contributed by atoms with Crippen molar-refractivity contribution in [1.29, 1.82) is 0 Å². The fourth-order valence-corrected chi connectivity index (χ4v) is 3.45. The van der Waals surface area contributed by atoms with Gasteiger partial charge in [0.25, 0.3) is 0 Å². The van der Waals surface area contributed by atoms with E-state index in [1.54, 1.807) is 12.2 Å². The van der Waals surface area contributed by atoms with Gasteiger partial charge in [-0.3, -0.25) is 9.59 Å². The fourth-order valence-electron chi connectivity index (χ4n) is 3.45. The van der Waals surface area contributed by atoms with Crippen molar-refractivity contribution >= 4 is 30.2 Å². The minimum absolute atomic E-state index is 0. The maximum atomic E-state index is 12.8. The van der Waals surface area contributed by atoms with Crippen molar-refractivity contribution in [3.05, 3.63) is 0 Å². The van der Waals surface area contributed by atoms with Gasteiger partial charge in [-0.2, -0.15) is 13.2 Å². The Labute approximate surface area is 148 Å². The van der Waals surface area contributed by atoms with Gasteiger partial charge >= 0.3 is 18.1 Å². The number of hydrogen-bond acceptors (Lipinski definition) is 3. The third-order valence-electron chi connectivity index (χ3n) is 5.55. The van der Waals surface area contributed by atoms with E-state index in [9.17, 15) is 32.7 Å². The van der Waals surface area contributed by atoms with Gasteiger partial charge in [-0.15, -0.1) is 12.4 Å². The highest BCUT2D eigenvalue weighted by molar-refractivity contribution is 5.93. The second-order valence-electron chi connectivity index (χ2n) is 7.58. The van der Waals surface area contributed by atoms with E-state index >= 15 is 0 Å². The quantitative estimate of drug-likeness (QED) is 0.772. The number of carboxylic acids is 1. The fraction of sp³-hybridized carbons (Fsp3) is 0.800. The van der Waals surface area contributed by atoms with Crippen LogP contribution in [-0.4, -0.2) is 52.6 Å². The summed E-state index contributed by atoms with van der Waals surface area (Å²) in [5.74, 6) is -4.04. The molecule has 0 bridgehead atoms. The molecule has 142 valence electrons. The summed E-state index contributed by atoms with van der Waals surface area (Å²) in [7, 11) is 0. The van der Waals surface area contributed by atoms with Crippen LogP contribution in [0, 0.1) is 10.8 Å². The molecule has 2 atom stereocenters. The van der Waals surface area contributed by atoms with Gasteiger partial charge in [-0.1, -0.05) is 6.92 Å². The number of nitrogens with one attached hydrogen (secondary N) is 1. The third-order valence-corrected chi connectivity index (χ3v) is 5.55. The molecule has 0 unspecified atom stereocenters. The van der Waals surface area contributed by atoms with Crippen LogP contribution in [0.15, 0.2) is 0 Å². The summed E-state index contributed by atoms with van der Waals surface area (Å²) in [4.78, 5) is 36.7. The van der Waals surface area contributed by atoms with E-state index in [0.717, 1.165) is 17.7 Å². The first-order valence-corrected chi connectivity index (χ1v) is 7.89. The smallest absolute Gasteiger partial charge is 0.471 e. The second-order valence-corrected chi connectivity index (χ2v) is 7.58. The van der Waals surface area contributed by atoms with Gasteiger partial charge in [-0.05, 0) is 42.9 Å². The lowest BCUT2D eigenvalue weighted by molar-refractivity contribution is -0.176. The highest BCUT2D eigenvalue weighted by Gasteiger charge is 2.59. The summed E-state index contributed by atoms with van der Waals surface area (Å²) in [6.45, 7) is 1.86. The van der Waals surface area contributed by atoms with E-state index in [1.807, 2.05) is 0 Å². The Morgan fingerprint density at radius 2 is 1.76 bits per heavy atom. The lowest BCUT2D eigenvalue weighted by atomic mass is 9.97. The number of carbonyl (C=O) groups excluding carboxylic acids is 2. The summed E-state index contributed by atoms with van der Waals surface area (Å²) < 4.78 is 37.7. The van der Waals surface area contributed by atoms with Gasteiger partial charge in [0.2, 0.25) is 5.91 Å². The Morgan fingerprint density at radius 1 is 1.20 bits per heavy atom. The molecular formula is C15H20ClF3N2O4. The number of hydrogen-bond donors (Lipinski definition) is 2. The predicted octanol–water partition coefficient (Wildman–Crippen LogP) is 1.72. The van der Waals surface area contributed by atoms with Crippen LogP contribution in [-0.2, 0) is 14.4 Å². The van der Waals surface area contributed by atoms with Crippen molar-refractivity contribution in [1.82, 2.24) is 10.2 Å². The van der Waals surface area contributed by atoms with E-state index in [1.165, 1.54) is 0 Å². The predicted molar refractivity (Wildman–Crippen MR) is 82.0 cm³/mol. The molecule has 1 heterocycles. The molecule has 1 saturated heterocycles. The van der Waals surface area contributed by atoms with Crippen molar-refractivity contribution in [2.24, 2.45) is 10.8 Å². The average molecular weight is 385 g/mol. The Hall–Kier alpha value is -1.51. The molecule has 3 aliphatic rings. The van der Waals surface area contributed by atoms with Crippen LogP contribution >= 0.6 is 12.4 Å². The summed E-state index contributed by atoms with van der Waals surface area (Å²) in [5, 5.41) is 11.1. The molecule has 3 fully saturated rings. The number of nitrogens with zero attached hydrogens (tertiary/aromatic N) is 1. The number of carboxylic acid groups (broad SMARTS) is 1. The number of carbonyl (C=O) groups is 3. The van der Waals surface area contributed by atoms with Crippen LogP contribution < -0.4 is 5.32 Å². The largest absolute Gasteiger partial charge is 0.480 e. The second kappa shape index (κ2) is 6.03. The number of halogens is 4. The first-order chi connectivity index (χ1) is 11.0. The molecule has 0 radical (unpaired) electrons. The molecule has 1 spiro atoms. The normalized spacial score (nSPS) is 26.6. The monoisotopic (exact) mass is 384 g/mol. The molecule has 0 aromatic carbocycles. The topological polar surface area (TPSA) is 86.7 Å². The molecule has 2 N–H and O–H groups in total. The zero-order chi connectivity index (χ0) is 17.9. The first kappa shape index (κ1) is 19.8. The van der Waals surface area contributed by atoms with E-state index in [-0.39, 0.29) is 24.4 Å². The Bertz CT molecular complexity index is 602. The molecule has 3 rings (SSSR count). The maximum absolute atomic E-state index is 12.8. The zero-order valence-electron chi connectivity index (χ0n) is 13.6. The van der Waals surface area contributed by atoms with E-state index in [2.05, 4.69) is 0 Å². The molecule has 2 aliphatic carbocycles. The number of aliphatic carboxylic acids is 1. The minimum Gasteiger partial charge on any atom is -0.480 e. The average Bonchev–Trinajstić information content (AvgIpc) is 3.34. The Morgan fingerprint density at radius 3 is 2.16 bits per heavy atom. The summed E-state index contributed by atoms with van der Waals surface area (Å²) >= 11 is 0. The van der Waals surface area contributed by atoms with Crippen LogP contribution in [0.1, 0.15) is 39.0 Å². The van der Waals surface area contributed by atoms with Crippen molar-refractivity contribution in [2.75, 3.05) is 6.54 Å². The van der Waals surface area contributed by atoms with Crippen molar-refractivity contribution in [3.63, 3.8) is 0 Å². The molecule has 0 aromatic heterocycles. The van der Waals surface area contributed by atoms with Gasteiger partial charge in [0, 0.05) is 6.54 Å². The molecule has 1 aliphatic heterocycles. The van der Waals surface area contributed by atoms with Crippen molar-refractivity contribution in [2.45, 2.75) is 57.3 Å². The summed E-state index contributed by atoms with van der Waals surface area (Å²) in [5.41, 5.74) is -0.956.